The summed E-state index contributed by atoms with van der Waals surface area (Å²) < 4.78 is 0.768. The lowest BCUT2D eigenvalue weighted by Gasteiger charge is -2.22. The molecule has 1 aromatic heterocycles. The van der Waals surface area contributed by atoms with E-state index in [0.29, 0.717) is 32.5 Å². The van der Waals surface area contributed by atoms with Crippen LogP contribution in [0, 0.1) is 0 Å². The molecule has 0 aromatic carbocycles. The van der Waals surface area contributed by atoms with E-state index in [2.05, 4.69) is 15.6 Å². The van der Waals surface area contributed by atoms with Gasteiger partial charge in [-0.2, -0.15) is 0 Å². The zero-order chi connectivity index (χ0) is 19.3. The van der Waals surface area contributed by atoms with Crippen molar-refractivity contribution in [2.75, 3.05) is 27.2 Å². The topological polar surface area (TPSA) is 77.0 Å². The molecule has 0 spiro atoms. The Morgan fingerprint density at radius 3 is 2.73 bits per heavy atom. The van der Waals surface area contributed by atoms with Gasteiger partial charge in [0.2, 0.25) is 0 Å². The van der Waals surface area contributed by atoms with Gasteiger partial charge in [-0.05, 0) is 31.9 Å². The Morgan fingerprint density at radius 1 is 1.46 bits per heavy atom. The SMILES string of the molecule is CCC1(C)NC(=O)N(CCCNC(=NC)N(C)Cc2ccc(Cl)s2)C1=O. The highest BCUT2D eigenvalue weighted by Gasteiger charge is 2.45. The minimum absolute atomic E-state index is 0.152. The van der Waals surface area contributed by atoms with Gasteiger partial charge in [0.05, 0.1) is 10.9 Å². The maximum absolute atomic E-state index is 12.3. The minimum atomic E-state index is -0.775. The molecule has 7 nitrogen and oxygen atoms in total. The normalized spacial score (nSPS) is 20.5. The molecule has 0 bridgehead atoms. The molecule has 0 saturated carbocycles. The van der Waals surface area contributed by atoms with Crippen LogP contribution >= 0.6 is 22.9 Å². The summed E-state index contributed by atoms with van der Waals surface area (Å²) in [5.74, 6) is 0.603. The Balaban J connectivity index is 1.79. The van der Waals surface area contributed by atoms with Crippen LogP contribution in [0.5, 0.6) is 0 Å². The first-order valence-corrected chi connectivity index (χ1v) is 9.80. The number of amides is 3. The van der Waals surface area contributed by atoms with Crippen LogP contribution in [0.4, 0.5) is 4.79 Å². The summed E-state index contributed by atoms with van der Waals surface area (Å²) in [6, 6.07) is 3.57. The second-order valence-corrected chi connectivity index (χ2v) is 8.26. The maximum atomic E-state index is 12.3. The average molecular weight is 400 g/mol. The third-order valence-corrected chi connectivity index (χ3v) is 5.71. The molecule has 0 aliphatic carbocycles. The number of halogens is 1. The van der Waals surface area contributed by atoms with E-state index >= 15 is 0 Å². The Morgan fingerprint density at radius 2 is 2.19 bits per heavy atom. The Labute approximate surface area is 163 Å². The molecule has 26 heavy (non-hydrogen) atoms. The number of carbonyl (C=O) groups excluding carboxylic acids is 2. The zero-order valence-corrected chi connectivity index (χ0v) is 17.2. The Kier molecular flexibility index (Phi) is 6.88. The highest BCUT2D eigenvalue weighted by Crippen LogP contribution is 2.22. The molecule has 2 heterocycles. The van der Waals surface area contributed by atoms with Crippen molar-refractivity contribution in [3.63, 3.8) is 0 Å². The van der Waals surface area contributed by atoms with E-state index in [4.69, 9.17) is 11.6 Å². The lowest BCUT2D eigenvalue weighted by molar-refractivity contribution is -0.130. The van der Waals surface area contributed by atoms with Crippen LogP contribution in [0.25, 0.3) is 0 Å². The largest absolute Gasteiger partial charge is 0.356 e. The lowest BCUT2D eigenvalue weighted by atomic mass is 9.99. The molecule has 1 fully saturated rings. The molecule has 0 radical (unpaired) electrons. The minimum Gasteiger partial charge on any atom is -0.356 e. The van der Waals surface area contributed by atoms with Crippen LogP contribution in [0.3, 0.4) is 0 Å². The van der Waals surface area contributed by atoms with Crippen molar-refractivity contribution in [1.82, 2.24) is 20.4 Å². The van der Waals surface area contributed by atoms with Crippen LogP contribution in [0.2, 0.25) is 4.34 Å². The third-order valence-electron chi connectivity index (χ3n) is 4.49. The number of urea groups is 1. The number of nitrogens with one attached hydrogen (secondary N) is 2. The summed E-state index contributed by atoms with van der Waals surface area (Å²) in [6.07, 6.45) is 1.23. The summed E-state index contributed by atoms with van der Waals surface area (Å²) >= 11 is 7.51. The number of nitrogens with zero attached hydrogens (tertiary/aromatic N) is 3. The predicted molar refractivity (Wildman–Crippen MR) is 106 cm³/mol. The van der Waals surface area contributed by atoms with Crippen molar-refractivity contribution in [1.29, 1.82) is 0 Å². The standard InChI is InChI=1S/C17H26ClN5O2S/c1-5-17(2)14(24)23(16(25)21-17)10-6-9-20-15(19-3)22(4)11-12-7-8-13(18)26-12/h7-8H,5-6,9-11H2,1-4H3,(H,19,20)(H,21,25). The van der Waals surface area contributed by atoms with Gasteiger partial charge in [-0.15, -0.1) is 11.3 Å². The van der Waals surface area contributed by atoms with E-state index in [1.54, 1.807) is 25.3 Å². The molecule has 1 unspecified atom stereocenters. The molecule has 144 valence electrons. The number of hydrogen-bond acceptors (Lipinski definition) is 4. The molecule has 2 rings (SSSR count). The van der Waals surface area contributed by atoms with E-state index in [1.165, 1.54) is 4.90 Å². The van der Waals surface area contributed by atoms with Gasteiger partial charge in [0.25, 0.3) is 5.91 Å². The van der Waals surface area contributed by atoms with E-state index in [-0.39, 0.29) is 11.9 Å². The van der Waals surface area contributed by atoms with E-state index in [1.807, 2.05) is 31.0 Å². The van der Waals surface area contributed by atoms with Crippen molar-refractivity contribution in [3.8, 4) is 0 Å². The summed E-state index contributed by atoms with van der Waals surface area (Å²) in [5.41, 5.74) is -0.775. The van der Waals surface area contributed by atoms with Crippen LogP contribution in [0.1, 0.15) is 31.6 Å². The maximum Gasteiger partial charge on any atom is 0.325 e. The summed E-state index contributed by atoms with van der Waals surface area (Å²) in [4.78, 5) is 33.1. The van der Waals surface area contributed by atoms with Crippen molar-refractivity contribution in [2.45, 2.75) is 38.8 Å². The van der Waals surface area contributed by atoms with Gasteiger partial charge in [-0.25, -0.2) is 4.79 Å². The molecule has 1 aliphatic rings. The molecular formula is C17H26ClN5O2S. The molecule has 1 aliphatic heterocycles. The first kappa shape index (κ1) is 20.5. The lowest BCUT2D eigenvalue weighted by Crippen LogP contribution is -2.43. The smallest absolute Gasteiger partial charge is 0.325 e. The van der Waals surface area contributed by atoms with Gasteiger partial charge in [-0.3, -0.25) is 14.7 Å². The van der Waals surface area contributed by atoms with Crippen molar-refractivity contribution < 1.29 is 9.59 Å². The van der Waals surface area contributed by atoms with E-state index in [0.717, 1.165) is 15.2 Å². The summed E-state index contributed by atoms with van der Waals surface area (Å²) in [5, 5.41) is 6.03. The third kappa shape index (κ3) is 4.67. The first-order valence-electron chi connectivity index (χ1n) is 8.61. The number of aliphatic imine (C=N–C) groups is 1. The second kappa shape index (κ2) is 8.73. The molecular weight excluding hydrogens is 374 g/mol. The molecule has 1 atom stereocenters. The molecule has 2 N–H and O–H groups in total. The van der Waals surface area contributed by atoms with Crippen molar-refractivity contribution in [3.05, 3.63) is 21.3 Å². The molecule has 9 heteroatoms. The fraction of sp³-hybridized carbons (Fsp3) is 0.588. The summed E-state index contributed by atoms with van der Waals surface area (Å²) in [6.45, 7) is 5.36. The molecule has 1 saturated heterocycles. The van der Waals surface area contributed by atoms with Gasteiger partial charge in [0, 0.05) is 32.1 Å². The van der Waals surface area contributed by atoms with Crippen LogP contribution < -0.4 is 10.6 Å². The van der Waals surface area contributed by atoms with Gasteiger partial charge in [-0.1, -0.05) is 18.5 Å². The zero-order valence-electron chi connectivity index (χ0n) is 15.6. The monoisotopic (exact) mass is 399 g/mol. The second-order valence-electron chi connectivity index (χ2n) is 6.46. The van der Waals surface area contributed by atoms with E-state index in [9.17, 15) is 9.59 Å². The number of thiophene rings is 1. The predicted octanol–water partition coefficient (Wildman–Crippen LogP) is 2.52. The fourth-order valence-electron chi connectivity index (χ4n) is 2.76. The van der Waals surface area contributed by atoms with Crippen LogP contribution in [0.15, 0.2) is 17.1 Å². The van der Waals surface area contributed by atoms with Crippen molar-refractivity contribution >= 4 is 40.8 Å². The average Bonchev–Trinajstić information content (AvgIpc) is 3.10. The number of carbonyl (C=O) groups is 2. The number of imide groups is 1. The van der Waals surface area contributed by atoms with E-state index < -0.39 is 5.54 Å². The number of hydrogen-bond donors (Lipinski definition) is 2. The summed E-state index contributed by atoms with van der Waals surface area (Å²) in [7, 11) is 3.68. The van der Waals surface area contributed by atoms with Crippen molar-refractivity contribution in [2.24, 2.45) is 4.99 Å². The molecule has 3 amide bonds. The highest BCUT2D eigenvalue weighted by molar-refractivity contribution is 7.16. The highest BCUT2D eigenvalue weighted by atomic mass is 35.5. The van der Waals surface area contributed by atoms with Gasteiger partial charge < -0.3 is 15.5 Å². The Bertz CT molecular complexity index is 692. The van der Waals surface area contributed by atoms with Crippen LogP contribution in [-0.2, 0) is 11.3 Å². The fourth-order valence-corrected chi connectivity index (χ4v) is 3.90. The van der Waals surface area contributed by atoms with Gasteiger partial charge >= 0.3 is 6.03 Å². The number of rotatable bonds is 7. The Hall–Kier alpha value is -1.80. The molecule has 1 aromatic rings. The number of guanidine groups is 1. The van der Waals surface area contributed by atoms with Gasteiger partial charge in [0.15, 0.2) is 5.96 Å². The first-order chi connectivity index (χ1) is 12.3. The van der Waals surface area contributed by atoms with Crippen LogP contribution in [-0.4, -0.2) is 60.4 Å². The quantitative estimate of drug-likeness (QED) is 0.319. The van der Waals surface area contributed by atoms with Gasteiger partial charge in [0.1, 0.15) is 5.54 Å².